The molecule has 2 nitrogen and oxygen atoms in total. The van der Waals surface area contributed by atoms with Gasteiger partial charge in [0.1, 0.15) is 5.75 Å². The normalized spacial score (nSPS) is 21.1. The molecule has 0 amide bonds. The average molecular weight is 227 g/mol. The first-order valence-electron chi connectivity index (χ1n) is 5.51. The van der Waals surface area contributed by atoms with Crippen molar-refractivity contribution in [1.29, 1.82) is 0 Å². The number of hydrogen-bond acceptors (Lipinski definition) is 2. The highest BCUT2D eigenvalue weighted by molar-refractivity contribution is 5.31. The minimum atomic E-state index is -2.75. The second-order valence-corrected chi connectivity index (χ2v) is 3.99. The van der Waals surface area contributed by atoms with Gasteiger partial charge in [0, 0.05) is 6.54 Å². The van der Waals surface area contributed by atoms with Crippen LogP contribution in [0.5, 0.6) is 5.75 Å². The highest BCUT2D eigenvalue weighted by Crippen LogP contribution is 2.26. The zero-order valence-corrected chi connectivity index (χ0v) is 8.96. The molecule has 1 fully saturated rings. The molecule has 0 aromatic heterocycles. The van der Waals surface area contributed by atoms with Crippen LogP contribution in [0.2, 0.25) is 0 Å². The fraction of sp³-hybridized carbons (Fsp3) is 0.500. The van der Waals surface area contributed by atoms with Crippen LogP contribution in [0.15, 0.2) is 24.3 Å². The number of halogens is 2. The minimum absolute atomic E-state index is 0.248. The van der Waals surface area contributed by atoms with Gasteiger partial charge in [0.05, 0.1) is 0 Å². The Kier molecular flexibility index (Phi) is 3.72. The largest absolute Gasteiger partial charge is 0.435 e. The van der Waals surface area contributed by atoms with Gasteiger partial charge in [-0.2, -0.15) is 8.78 Å². The summed E-state index contributed by atoms with van der Waals surface area (Å²) in [7, 11) is 0. The van der Waals surface area contributed by atoms with Gasteiger partial charge in [0.2, 0.25) is 0 Å². The van der Waals surface area contributed by atoms with Crippen LogP contribution >= 0.6 is 0 Å². The number of rotatable bonds is 3. The van der Waals surface area contributed by atoms with Crippen molar-refractivity contribution < 1.29 is 13.5 Å². The lowest BCUT2D eigenvalue weighted by atomic mass is 9.92. The third kappa shape index (κ3) is 2.92. The zero-order valence-electron chi connectivity index (χ0n) is 8.96. The topological polar surface area (TPSA) is 21.3 Å². The van der Waals surface area contributed by atoms with Gasteiger partial charge in [-0.15, -0.1) is 0 Å². The standard InChI is InChI=1S/C12H15F2NO/c13-12(14)16-11-5-1-3-9(7-11)10-4-2-6-15-8-10/h1,3,5,7,10,12,15H,2,4,6,8H2/t10-/m1/s1. The molecule has 1 N–H and O–H groups in total. The van der Waals surface area contributed by atoms with Crippen LogP contribution in [0.25, 0.3) is 0 Å². The van der Waals surface area contributed by atoms with E-state index >= 15 is 0 Å². The van der Waals surface area contributed by atoms with E-state index in [1.165, 1.54) is 0 Å². The molecule has 0 unspecified atom stereocenters. The van der Waals surface area contributed by atoms with Crippen LogP contribution < -0.4 is 10.1 Å². The van der Waals surface area contributed by atoms with Crippen LogP contribution in [0, 0.1) is 0 Å². The van der Waals surface area contributed by atoms with Crippen molar-refractivity contribution in [2.75, 3.05) is 13.1 Å². The third-order valence-corrected chi connectivity index (χ3v) is 2.85. The fourth-order valence-electron chi connectivity index (χ4n) is 2.08. The molecule has 0 aliphatic carbocycles. The highest BCUT2D eigenvalue weighted by Gasteiger charge is 2.15. The van der Waals surface area contributed by atoms with Crippen molar-refractivity contribution in [1.82, 2.24) is 5.32 Å². The van der Waals surface area contributed by atoms with E-state index in [0.717, 1.165) is 31.5 Å². The van der Waals surface area contributed by atoms with Crippen molar-refractivity contribution in [3.05, 3.63) is 29.8 Å². The second-order valence-electron chi connectivity index (χ2n) is 3.99. The van der Waals surface area contributed by atoms with Gasteiger partial charge < -0.3 is 10.1 Å². The summed E-state index contributed by atoms with van der Waals surface area (Å²) in [6.07, 6.45) is 2.23. The van der Waals surface area contributed by atoms with Crippen LogP contribution in [0.4, 0.5) is 8.78 Å². The predicted molar refractivity (Wildman–Crippen MR) is 57.9 cm³/mol. The van der Waals surface area contributed by atoms with Gasteiger partial charge >= 0.3 is 6.61 Å². The average Bonchev–Trinajstić information content (AvgIpc) is 2.30. The van der Waals surface area contributed by atoms with Crippen LogP contribution in [-0.4, -0.2) is 19.7 Å². The Morgan fingerprint density at radius 2 is 2.25 bits per heavy atom. The SMILES string of the molecule is FC(F)Oc1cccc([C@@H]2CCCNC2)c1. The van der Waals surface area contributed by atoms with Crippen LogP contribution in [0.3, 0.4) is 0 Å². The van der Waals surface area contributed by atoms with Crippen LogP contribution in [0.1, 0.15) is 24.3 Å². The Balaban J connectivity index is 2.08. The third-order valence-electron chi connectivity index (χ3n) is 2.85. The van der Waals surface area contributed by atoms with E-state index in [2.05, 4.69) is 10.1 Å². The molecular weight excluding hydrogens is 212 g/mol. The van der Waals surface area contributed by atoms with E-state index in [0.29, 0.717) is 5.92 Å². The molecule has 1 aliphatic rings. The molecule has 1 aromatic carbocycles. The Morgan fingerprint density at radius 3 is 2.94 bits per heavy atom. The van der Waals surface area contributed by atoms with Gasteiger partial charge in [0.25, 0.3) is 0 Å². The molecule has 88 valence electrons. The Morgan fingerprint density at radius 1 is 1.38 bits per heavy atom. The molecule has 1 aliphatic heterocycles. The molecule has 1 atom stereocenters. The first-order chi connectivity index (χ1) is 7.75. The van der Waals surface area contributed by atoms with Crippen molar-refractivity contribution >= 4 is 0 Å². The lowest BCUT2D eigenvalue weighted by Gasteiger charge is -2.23. The lowest BCUT2D eigenvalue weighted by Crippen LogP contribution is -2.28. The van der Waals surface area contributed by atoms with Gasteiger partial charge in [-0.3, -0.25) is 0 Å². The molecule has 0 radical (unpaired) electrons. The summed E-state index contributed by atoms with van der Waals surface area (Å²) in [4.78, 5) is 0. The minimum Gasteiger partial charge on any atom is -0.435 e. The Bertz CT molecular complexity index is 338. The smallest absolute Gasteiger partial charge is 0.387 e. The molecule has 1 heterocycles. The fourth-order valence-corrected chi connectivity index (χ4v) is 2.08. The molecule has 0 saturated carbocycles. The number of benzene rings is 1. The maximum absolute atomic E-state index is 12.1. The summed E-state index contributed by atoms with van der Waals surface area (Å²) < 4.78 is 28.5. The Hall–Kier alpha value is -1.16. The monoisotopic (exact) mass is 227 g/mol. The molecule has 0 spiro atoms. The van der Waals surface area contributed by atoms with E-state index in [1.54, 1.807) is 18.2 Å². The van der Waals surface area contributed by atoms with Gasteiger partial charge in [-0.05, 0) is 43.0 Å². The predicted octanol–water partition coefficient (Wildman–Crippen LogP) is 2.75. The molecule has 1 saturated heterocycles. The molecule has 1 aromatic rings. The number of piperidine rings is 1. The van der Waals surface area contributed by atoms with Crippen molar-refractivity contribution in [2.45, 2.75) is 25.4 Å². The number of alkyl halides is 2. The molecule has 2 rings (SSSR count). The summed E-state index contributed by atoms with van der Waals surface area (Å²) in [5, 5.41) is 3.30. The molecule has 0 bridgehead atoms. The summed E-state index contributed by atoms with van der Waals surface area (Å²) in [5.41, 5.74) is 1.07. The molecular formula is C12H15F2NO. The maximum Gasteiger partial charge on any atom is 0.387 e. The lowest BCUT2D eigenvalue weighted by molar-refractivity contribution is -0.0499. The summed E-state index contributed by atoms with van der Waals surface area (Å²) in [5.74, 6) is 0.660. The zero-order chi connectivity index (χ0) is 11.4. The Labute approximate surface area is 93.6 Å². The van der Waals surface area contributed by atoms with E-state index in [1.807, 2.05) is 6.07 Å². The van der Waals surface area contributed by atoms with E-state index < -0.39 is 6.61 Å². The number of nitrogens with one attached hydrogen (secondary N) is 1. The maximum atomic E-state index is 12.1. The van der Waals surface area contributed by atoms with E-state index in [9.17, 15) is 8.78 Å². The highest BCUT2D eigenvalue weighted by atomic mass is 19.3. The summed E-state index contributed by atoms with van der Waals surface area (Å²) in [6.45, 7) is -0.790. The number of ether oxygens (including phenoxy) is 1. The molecule has 16 heavy (non-hydrogen) atoms. The first kappa shape index (κ1) is 11.3. The summed E-state index contributed by atoms with van der Waals surface area (Å²) in [6, 6.07) is 7.01. The molecule has 4 heteroatoms. The van der Waals surface area contributed by atoms with Crippen molar-refractivity contribution in [3.63, 3.8) is 0 Å². The van der Waals surface area contributed by atoms with Gasteiger partial charge in [0.15, 0.2) is 0 Å². The van der Waals surface area contributed by atoms with E-state index in [4.69, 9.17) is 0 Å². The van der Waals surface area contributed by atoms with Crippen molar-refractivity contribution in [2.24, 2.45) is 0 Å². The van der Waals surface area contributed by atoms with Crippen LogP contribution in [-0.2, 0) is 0 Å². The summed E-state index contributed by atoms with van der Waals surface area (Å²) >= 11 is 0. The quantitative estimate of drug-likeness (QED) is 0.857. The van der Waals surface area contributed by atoms with E-state index in [-0.39, 0.29) is 5.75 Å². The van der Waals surface area contributed by atoms with Crippen molar-refractivity contribution in [3.8, 4) is 5.75 Å². The first-order valence-corrected chi connectivity index (χ1v) is 5.51. The van der Waals surface area contributed by atoms with Gasteiger partial charge in [-0.25, -0.2) is 0 Å². The second kappa shape index (κ2) is 5.25. The number of hydrogen-bond donors (Lipinski definition) is 1. The van der Waals surface area contributed by atoms with Gasteiger partial charge in [-0.1, -0.05) is 12.1 Å².